The van der Waals surface area contributed by atoms with Gasteiger partial charge >= 0.3 is 0 Å². The molecule has 1 heterocycles. The molecule has 1 atom stereocenters. The van der Waals surface area contributed by atoms with Crippen LogP contribution in [0.3, 0.4) is 0 Å². The molecular formula is C60H67N5O4Si. The summed E-state index contributed by atoms with van der Waals surface area (Å²) in [5.74, 6) is 0.855. The summed E-state index contributed by atoms with van der Waals surface area (Å²) >= 11 is 0. The number of hydrogen-bond donors (Lipinski definition) is 5. The number of pyridine rings is 1. The number of phenolic OH excluding ortho intramolecular Hbond substituents is 1. The molecule has 0 saturated heterocycles. The van der Waals surface area contributed by atoms with Crippen LogP contribution in [0.1, 0.15) is 60.3 Å². The van der Waals surface area contributed by atoms with Crippen molar-refractivity contribution < 1.29 is 14.3 Å². The molecule has 0 fully saturated rings. The molecule has 0 unspecified atom stereocenters. The van der Waals surface area contributed by atoms with Crippen molar-refractivity contribution >= 4 is 36.3 Å². The molecule has 360 valence electrons. The Morgan fingerprint density at radius 2 is 1.26 bits per heavy atom. The van der Waals surface area contributed by atoms with E-state index in [1.165, 1.54) is 33.9 Å². The van der Waals surface area contributed by atoms with Crippen molar-refractivity contribution in [1.29, 1.82) is 0 Å². The number of nitrogens with zero attached hydrogens (tertiary/aromatic N) is 1. The van der Waals surface area contributed by atoms with Crippen LogP contribution in [-0.2, 0) is 37.0 Å². The third-order valence-corrected chi connectivity index (χ3v) is 18.0. The van der Waals surface area contributed by atoms with Crippen LogP contribution in [-0.4, -0.2) is 38.6 Å². The van der Waals surface area contributed by atoms with Gasteiger partial charge < -0.3 is 40.1 Å². The topological polar surface area (TPSA) is 111 Å². The number of aromatic nitrogens is 1. The predicted molar refractivity (Wildman–Crippen MR) is 292 cm³/mol. The summed E-state index contributed by atoms with van der Waals surface area (Å²) in [4.78, 5) is 17.8. The van der Waals surface area contributed by atoms with Crippen LogP contribution in [0.15, 0.2) is 181 Å². The van der Waals surface area contributed by atoms with E-state index in [4.69, 9.17) is 9.16 Å². The lowest BCUT2D eigenvalue weighted by Gasteiger charge is -2.41. The molecule has 0 radical (unpaired) electrons. The van der Waals surface area contributed by atoms with E-state index in [1.807, 2.05) is 24.3 Å². The SMILES string of the molecule is COc1ccc(Nc2ccc(CCN(C[C@H](O[Si](C)(C)C(C)(C)C)c3ccc(O)c4[nH]c(=O)ccc34)c3cccc(CNCc4ccccc4)c3)cc2)cc1-c1cccc(CNCc2ccccc2)c1. The van der Waals surface area contributed by atoms with Crippen LogP contribution < -0.4 is 31.1 Å². The number of anilines is 3. The minimum Gasteiger partial charge on any atom is -0.506 e. The van der Waals surface area contributed by atoms with Gasteiger partial charge in [0.15, 0.2) is 8.32 Å². The van der Waals surface area contributed by atoms with E-state index in [9.17, 15) is 9.90 Å². The number of H-pyrrole nitrogens is 1. The van der Waals surface area contributed by atoms with Crippen LogP contribution in [0.2, 0.25) is 18.1 Å². The number of methoxy groups -OCH3 is 1. The van der Waals surface area contributed by atoms with Crippen LogP contribution >= 0.6 is 0 Å². The quantitative estimate of drug-likeness (QED) is 0.0453. The predicted octanol–water partition coefficient (Wildman–Crippen LogP) is 13.0. The number of nitrogens with one attached hydrogen (secondary N) is 4. The molecule has 10 heteroatoms. The zero-order valence-electron chi connectivity index (χ0n) is 41.4. The molecule has 5 N–H and O–H groups in total. The molecule has 70 heavy (non-hydrogen) atoms. The van der Waals surface area contributed by atoms with Crippen LogP contribution in [0.25, 0.3) is 22.0 Å². The highest BCUT2D eigenvalue weighted by molar-refractivity contribution is 6.74. The van der Waals surface area contributed by atoms with Crippen molar-refractivity contribution in [2.75, 3.05) is 30.4 Å². The Morgan fingerprint density at radius 3 is 1.91 bits per heavy atom. The van der Waals surface area contributed by atoms with E-state index in [0.717, 1.165) is 84.0 Å². The first-order chi connectivity index (χ1) is 33.8. The van der Waals surface area contributed by atoms with Crippen LogP contribution in [0, 0.1) is 0 Å². The molecule has 0 bridgehead atoms. The molecule has 9 nitrogen and oxygen atoms in total. The van der Waals surface area contributed by atoms with E-state index in [1.54, 1.807) is 19.2 Å². The Kier molecular flexibility index (Phi) is 16.0. The lowest BCUT2D eigenvalue weighted by Crippen LogP contribution is -2.44. The van der Waals surface area contributed by atoms with Gasteiger partial charge in [-0.1, -0.05) is 130 Å². The Morgan fingerprint density at radius 1 is 0.643 bits per heavy atom. The third-order valence-electron chi connectivity index (χ3n) is 13.5. The van der Waals surface area contributed by atoms with Crippen molar-refractivity contribution in [2.45, 2.75) is 77.6 Å². The van der Waals surface area contributed by atoms with Gasteiger partial charge in [0, 0.05) is 73.3 Å². The number of benzene rings is 7. The minimum absolute atomic E-state index is 0.0359. The number of aromatic amines is 1. The van der Waals surface area contributed by atoms with E-state index in [2.05, 4.69) is 193 Å². The second-order valence-electron chi connectivity index (χ2n) is 19.6. The van der Waals surface area contributed by atoms with Crippen LogP contribution in [0.4, 0.5) is 17.1 Å². The van der Waals surface area contributed by atoms with Gasteiger partial charge in [0.05, 0.1) is 18.7 Å². The molecule has 0 aliphatic rings. The van der Waals surface area contributed by atoms with E-state index in [0.29, 0.717) is 12.1 Å². The number of hydrogen-bond acceptors (Lipinski definition) is 8. The molecule has 7 aromatic carbocycles. The average molecular weight is 950 g/mol. The molecule has 0 saturated carbocycles. The Bertz CT molecular complexity index is 3030. The summed E-state index contributed by atoms with van der Waals surface area (Å²) in [6.45, 7) is 15.7. The smallest absolute Gasteiger partial charge is 0.248 e. The summed E-state index contributed by atoms with van der Waals surface area (Å²) in [6.07, 6.45) is 0.422. The second-order valence-corrected chi connectivity index (χ2v) is 24.4. The van der Waals surface area contributed by atoms with Crippen molar-refractivity contribution in [3.63, 3.8) is 0 Å². The number of fused-ring (bicyclic) bond motifs is 1. The lowest BCUT2D eigenvalue weighted by molar-refractivity contribution is 0.189. The van der Waals surface area contributed by atoms with Gasteiger partial charge in [0.2, 0.25) is 5.56 Å². The largest absolute Gasteiger partial charge is 0.506 e. The number of phenols is 1. The second kappa shape index (κ2) is 22.6. The van der Waals surface area contributed by atoms with E-state index in [-0.39, 0.29) is 22.5 Å². The van der Waals surface area contributed by atoms with Gasteiger partial charge in [-0.05, 0) is 124 Å². The molecule has 8 rings (SSSR count). The molecule has 8 aromatic rings. The van der Waals surface area contributed by atoms with Gasteiger partial charge in [0.1, 0.15) is 11.5 Å². The minimum atomic E-state index is -2.35. The number of ether oxygens (including phenoxy) is 1. The van der Waals surface area contributed by atoms with E-state index < -0.39 is 8.32 Å². The average Bonchev–Trinajstić information content (AvgIpc) is 3.36. The first kappa shape index (κ1) is 49.5. The van der Waals surface area contributed by atoms with Gasteiger partial charge in [-0.2, -0.15) is 0 Å². The maximum atomic E-state index is 12.5. The third kappa shape index (κ3) is 12.8. The molecular weight excluding hydrogens is 883 g/mol. The normalized spacial score (nSPS) is 12.2. The standard InChI is InChI=1S/C60H67N5O4Si/c1-60(2,3)70(5,6)69-57(52-28-30-55(66)59-53(52)29-32-58(67)64-59)42-65(51-22-14-20-47(36-51)41-62-39-45-17-11-8-12-18-45)34-33-43-23-25-49(26-24-43)63-50-27-31-56(68-4)54(37-50)48-21-13-19-46(35-48)40-61-38-44-15-9-7-10-16-44/h7-32,35-37,57,61-63,66H,33-34,38-42H2,1-6H3,(H,64,67)/t57-/m0/s1. The molecule has 0 aliphatic heterocycles. The Labute approximate surface area is 414 Å². The van der Waals surface area contributed by atoms with Gasteiger partial charge in [0.25, 0.3) is 0 Å². The first-order valence-corrected chi connectivity index (χ1v) is 27.2. The summed E-state index contributed by atoms with van der Waals surface area (Å²) < 4.78 is 13.2. The van der Waals surface area contributed by atoms with Crippen molar-refractivity contribution in [2.24, 2.45) is 0 Å². The van der Waals surface area contributed by atoms with Gasteiger partial charge in [-0.15, -0.1) is 0 Å². The maximum absolute atomic E-state index is 12.5. The monoisotopic (exact) mass is 949 g/mol. The highest BCUT2D eigenvalue weighted by atomic mass is 28.4. The first-order valence-electron chi connectivity index (χ1n) is 24.3. The maximum Gasteiger partial charge on any atom is 0.248 e. The molecule has 1 aromatic heterocycles. The summed E-state index contributed by atoms with van der Waals surface area (Å²) in [5.41, 5.74) is 12.4. The number of rotatable bonds is 21. The molecule has 0 spiro atoms. The summed E-state index contributed by atoms with van der Waals surface area (Å²) in [7, 11) is -0.631. The fraction of sp³-hybridized carbons (Fsp3) is 0.250. The van der Waals surface area contributed by atoms with Crippen molar-refractivity contribution in [3.05, 3.63) is 220 Å². The lowest BCUT2D eigenvalue weighted by atomic mass is 10.0. The Balaban J connectivity index is 1.03. The molecule has 0 amide bonds. The summed E-state index contributed by atoms with van der Waals surface area (Å²) in [5, 5.41) is 22.5. The zero-order chi connectivity index (χ0) is 49.1. The van der Waals surface area contributed by atoms with Gasteiger partial charge in [-0.3, -0.25) is 4.79 Å². The van der Waals surface area contributed by atoms with Crippen LogP contribution in [0.5, 0.6) is 11.5 Å². The van der Waals surface area contributed by atoms with Crippen molar-refractivity contribution in [1.82, 2.24) is 15.6 Å². The Hall–Kier alpha value is -6.95. The van der Waals surface area contributed by atoms with E-state index >= 15 is 0 Å². The van der Waals surface area contributed by atoms with Crippen molar-refractivity contribution in [3.8, 4) is 22.6 Å². The fourth-order valence-electron chi connectivity index (χ4n) is 8.60. The zero-order valence-corrected chi connectivity index (χ0v) is 42.4. The highest BCUT2D eigenvalue weighted by Gasteiger charge is 2.40. The number of aromatic hydroxyl groups is 1. The van der Waals surface area contributed by atoms with Gasteiger partial charge in [-0.25, -0.2) is 0 Å². The highest BCUT2D eigenvalue weighted by Crippen LogP contribution is 2.42. The molecule has 0 aliphatic carbocycles. The summed E-state index contributed by atoms with van der Waals surface area (Å²) in [6, 6.07) is 60.2. The fourth-order valence-corrected chi connectivity index (χ4v) is 9.87.